The molecule has 1 aliphatic rings. The predicted molar refractivity (Wildman–Crippen MR) is 141 cm³/mol. The standard InChI is InChI=1S/C28H21FN8O/c29-18-6-4-15(5-7-18)23-24-21(10-11-31-23)34-27(35-24)26-25-22(36-37-26)9-8-20(33-25)17-12-19(14-30-13-17)32-28(38)16-2-1-3-16/h4-14,16H,1-3H2,(H,32,38)(H,34,35)(H,36,37). The summed E-state index contributed by atoms with van der Waals surface area (Å²) in [5.74, 6) is 0.348. The van der Waals surface area contributed by atoms with E-state index in [9.17, 15) is 9.18 Å². The predicted octanol–water partition coefficient (Wildman–Crippen LogP) is 5.50. The van der Waals surface area contributed by atoms with Crippen LogP contribution in [-0.2, 0) is 4.79 Å². The second-order valence-corrected chi connectivity index (χ2v) is 9.39. The largest absolute Gasteiger partial charge is 0.336 e. The summed E-state index contributed by atoms with van der Waals surface area (Å²) in [4.78, 5) is 34.1. The van der Waals surface area contributed by atoms with Crippen LogP contribution in [-0.4, -0.2) is 41.0 Å². The first-order valence-electron chi connectivity index (χ1n) is 12.3. The summed E-state index contributed by atoms with van der Waals surface area (Å²) in [5.41, 5.74) is 6.91. The molecule has 186 valence electrons. The lowest BCUT2D eigenvalue weighted by Gasteiger charge is -2.24. The molecule has 0 atom stereocenters. The van der Waals surface area contributed by atoms with E-state index >= 15 is 0 Å². The lowest BCUT2D eigenvalue weighted by Crippen LogP contribution is -2.28. The summed E-state index contributed by atoms with van der Waals surface area (Å²) >= 11 is 0. The summed E-state index contributed by atoms with van der Waals surface area (Å²) in [6, 6.07) is 13.7. The number of rotatable bonds is 5. The second kappa shape index (κ2) is 8.84. The van der Waals surface area contributed by atoms with Gasteiger partial charge in [0.25, 0.3) is 0 Å². The van der Waals surface area contributed by atoms with Gasteiger partial charge >= 0.3 is 0 Å². The molecule has 0 saturated heterocycles. The number of fused-ring (bicyclic) bond motifs is 2. The normalized spacial score (nSPS) is 13.6. The van der Waals surface area contributed by atoms with Crippen LogP contribution < -0.4 is 5.32 Å². The zero-order valence-electron chi connectivity index (χ0n) is 20.1. The summed E-state index contributed by atoms with van der Waals surface area (Å²) in [6.07, 6.45) is 8.01. The van der Waals surface area contributed by atoms with Crippen LogP contribution in [0.25, 0.3) is 56.1 Å². The number of benzene rings is 1. The van der Waals surface area contributed by atoms with Crippen LogP contribution in [0.5, 0.6) is 0 Å². The number of H-pyrrole nitrogens is 2. The van der Waals surface area contributed by atoms with Crippen molar-refractivity contribution in [1.29, 1.82) is 0 Å². The van der Waals surface area contributed by atoms with Crippen molar-refractivity contribution in [3.63, 3.8) is 0 Å². The van der Waals surface area contributed by atoms with E-state index in [-0.39, 0.29) is 17.6 Å². The Bertz CT molecular complexity index is 1820. The van der Waals surface area contributed by atoms with Gasteiger partial charge in [-0.05, 0) is 61.4 Å². The molecule has 5 heterocycles. The molecule has 0 bridgehead atoms. The number of carbonyl (C=O) groups excluding carboxylic acids is 1. The highest BCUT2D eigenvalue weighted by Gasteiger charge is 2.25. The van der Waals surface area contributed by atoms with Crippen molar-refractivity contribution in [1.82, 2.24) is 35.1 Å². The van der Waals surface area contributed by atoms with Gasteiger partial charge in [-0.2, -0.15) is 5.10 Å². The fraction of sp³-hybridized carbons (Fsp3) is 0.143. The fourth-order valence-electron chi connectivity index (χ4n) is 4.65. The number of hydrogen-bond donors (Lipinski definition) is 3. The minimum absolute atomic E-state index is 0.0371. The Morgan fingerprint density at radius 1 is 0.921 bits per heavy atom. The summed E-state index contributed by atoms with van der Waals surface area (Å²) in [5, 5.41) is 10.5. The molecule has 38 heavy (non-hydrogen) atoms. The third kappa shape index (κ3) is 3.86. The number of imidazole rings is 1. The van der Waals surface area contributed by atoms with E-state index in [1.54, 1.807) is 30.7 Å². The van der Waals surface area contributed by atoms with Crippen LogP contribution in [0.3, 0.4) is 0 Å². The van der Waals surface area contributed by atoms with E-state index in [0.29, 0.717) is 39.6 Å². The van der Waals surface area contributed by atoms with Crippen LogP contribution in [0.1, 0.15) is 19.3 Å². The minimum Gasteiger partial charge on any atom is -0.336 e. The SMILES string of the molecule is O=C(Nc1cncc(-c2ccc3[nH]nc(-c4nc5c(-c6ccc(F)cc6)nccc5[nH]4)c3n2)c1)C1CCC1. The number of aromatic amines is 2. The number of carbonyl (C=O) groups is 1. The monoisotopic (exact) mass is 504 g/mol. The number of nitrogens with zero attached hydrogens (tertiary/aromatic N) is 5. The summed E-state index contributed by atoms with van der Waals surface area (Å²) in [6.45, 7) is 0. The van der Waals surface area contributed by atoms with Gasteiger partial charge in [0.1, 0.15) is 16.9 Å². The van der Waals surface area contributed by atoms with Crippen molar-refractivity contribution in [2.24, 2.45) is 5.92 Å². The summed E-state index contributed by atoms with van der Waals surface area (Å²) in [7, 11) is 0. The van der Waals surface area contributed by atoms with Crippen molar-refractivity contribution in [3.8, 4) is 34.0 Å². The molecule has 1 aliphatic carbocycles. The first-order valence-corrected chi connectivity index (χ1v) is 12.3. The molecule has 1 aromatic carbocycles. The highest BCUT2D eigenvalue weighted by atomic mass is 19.1. The van der Waals surface area contributed by atoms with Crippen LogP contribution >= 0.6 is 0 Å². The number of amides is 1. The van der Waals surface area contributed by atoms with E-state index in [1.165, 1.54) is 12.1 Å². The number of aromatic nitrogens is 7. The van der Waals surface area contributed by atoms with Gasteiger partial charge in [-0.15, -0.1) is 0 Å². The Hall–Kier alpha value is -4.99. The molecule has 6 aromatic rings. The molecule has 7 rings (SSSR count). The minimum atomic E-state index is -0.310. The van der Waals surface area contributed by atoms with Gasteiger partial charge < -0.3 is 10.3 Å². The molecule has 5 aromatic heterocycles. The van der Waals surface area contributed by atoms with Crippen molar-refractivity contribution in [2.75, 3.05) is 5.32 Å². The van der Waals surface area contributed by atoms with Gasteiger partial charge in [0.05, 0.1) is 34.3 Å². The van der Waals surface area contributed by atoms with E-state index in [0.717, 1.165) is 41.4 Å². The second-order valence-electron chi connectivity index (χ2n) is 9.39. The molecule has 3 N–H and O–H groups in total. The average Bonchev–Trinajstić information content (AvgIpc) is 3.52. The highest BCUT2D eigenvalue weighted by Crippen LogP contribution is 2.32. The van der Waals surface area contributed by atoms with E-state index in [1.807, 2.05) is 24.3 Å². The van der Waals surface area contributed by atoms with Gasteiger partial charge in [-0.1, -0.05) is 6.42 Å². The lowest BCUT2D eigenvalue weighted by atomic mass is 9.85. The zero-order valence-corrected chi connectivity index (χ0v) is 20.1. The Kier molecular flexibility index (Phi) is 5.17. The van der Waals surface area contributed by atoms with Crippen molar-refractivity contribution in [3.05, 3.63) is 72.9 Å². The van der Waals surface area contributed by atoms with Crippen molar-refractivity contribution >= 4 is 33.7 Å². The molecule has 0 spiro atoms. The van der Waals surface area contributed by atoms with E-state index in [4.69, 9.17) is 9.97 Å². The number of halogens is 1. The number of hydrogen-bond acceptors (Lipinski definition) is 6. The Morgan fingerprint density at radius 2 is 1.76 bits per heavy atom. The molecule has 1 amide bonds. The molecule has 1 fully saturated rings. The maximum absolute atomic E-state index is 13.5. The smallest absolute Gasteiger partial charge is 0.227 e. The number of pyridine rings is 3. The zero-order chi connectivity index (χ0) is 25.6. The third-order valence-corrected chi connectivity index (χ3v) is 6.93. The molecule has 0 radical (unpaired) electrons. The molecule has 0 aliphatic heterocycles. The number of anilines is 1. The van der Waals surface area contributed by atoms with Gasteiger partial charge in [-0.3, -0.25) is 19.9 Å². The van der Waals surface area contributed by atoms with Gasteiger partial charge in [-0.25, -0.2) is 14.4 Å². The van der Waals surface area contributed by atoms with E-state index < -0.39 is 0 Å². The van der Waals surface area contributed by atoms with Gasteiger partial charge in [0.2, 0.25) is 5.91 Å². The van der Waals surface area contributed by atoms with Gasteiger partial charge in [0, 0.05) is 29.4 Å². The number of nitrogens with one attached hydrogen (secondary N) is 3. The maximum atomic E-state index is 13.5. The Labute approximate surface area is 215 Å². The topological polar surface area (TPSA) is 125 Å². The first kappa shape index (κ1) is 22.2. The Morgan fingerprint density at radius 3 is 2.58 bits per heavy atom. The fourth-order valence-corrected chi connectivity index (χ4v) is 4.65. The first-order chi connectivity index (χ1) is 18.6. The quantitative estimate of drug-likeness (QED) is 0.285. The average molecular weight is 505 g/mol. The molecule has 9 nitrogen and oxygen atoms in total. The molecule has 0 unspecified atom stereocenters. The lowest BCUT2D eigenvalue weighted by molar-refractivity contribution is -0.122. The molecule has 1 saturated carbocycles. The maximum Gasteiger partial charge on any atom is 0.227 e. The van der Waals surface area contributed by atoms with E-state index in [2.05, 4.69) is 30.5 Å². The highest BCUT2D eigenvalue weighted by molar-refractivity contribution is 5.96. The molecular weight excluding hydrogens is 483 g/mol. The van der Waals surface area contributed by atoms with Crippen LogP contribution in [0.15, 0.2) is 67.1 Å². The van der Waals surface area contributed by atoms with Crippen molar-refractivity contribution in [2.45, 2.75) is 19.3 Å². The van der Waals surface area contributed by atoms with Gasteiger partial charge in [0.15, 0.2) is 11.5 Å². The Balaban J connectivity index is 1.26. The van der Waals surface area contributed by atoms with Crippen LogP contribution in [0, 0.1) is 11.7 Å². The summed E-state index contributed by atoms with van der Waals surface area (Å²) < 4.78 is 13.5. The van der Waals surface area contributed by atoms with Crippen LogP contribution in [0.4, 0.5) is 10.1 Å². The molecule has 10 heteroatoms. The third-order valence-electron chi connectivity index (χ3n) is 6.93. The molecular formula is C28H21FN8O. The van der Waals surface area contributed by atoms with Crippen molar-refractivity contribution < 1.29 is 9.18 Å². The van der Waals surface area contributed by atoms with Crippen LogP contribution in [0.2, 0.25) is 0 Å².